The van der Waals surface area contributed by atoms with E-state index in [4.69, 9.17) is 0 Å². The highest BCUT2D eigenvalue weighted by molar-refractivity contribution is 5.46. The first-order chi connectivity index (χ1) is 6.17. The second kappa shape index (κ2) is 2.80. The number of fused-ring (bicyclic) bond motifs is 1. The quantitative estimate of drug-likeness (QED) is 0.573. The van der Waals surface area contributed by atoms with Crippen molar-refractivity contribution >= 4 is 12.2 Å². The highest BCUT2D eigenvalue weighted by Crippen LogP contribution is 2.18. The molecule has 0 aromatic carbocycles. The summed E-state index contributed by atoms with van der Waals surface area (Å²) >= 11 is 0. The second-order valence-electron chi connectivity index (χ2n) is 3.86. The van der Waals surface area contributed by atoms with Crippen LogP contribution in [0.2, 0.25) is 0 Å². The van der Waals surface area contributed by atoms with Crippen molar-refractivity contribution in [1.29, 1.82) is 0 Å². The lowest BCUT2D eigenvalue weighted by molar-refractivity contribution is 0.670. The molecule has 2 rings (SSSR count). The molecule has 0 unspecified atom stereocenters. The summed E-state index contributed by atoms with van der Waals surface area (Å²) < 4.78 is 0. The third kappa shape index (κ3) is 1.66. The summed E-state index contributed by atoms with van der Waals surface area (Å²) in [6.07, 6.45) is 10.1. The first kappa shape index (κ1) is 8.17. The van der Waals surface area contributed by atoms with Crippen LogP contribution in [-0.4, -0.2) is 10.2 Å². The van der Waals surface area contributed by atoms with E-state index in [2.05, 4.69) is 36.2 Å². The minimum atomic E-state index is 0.102. The zero-order valence-corrected chi connectivity index (χ0v) is 7.86. The van der Waals surface area contributed by atoms with E-state index >= 15 is 0 Å². The van der Waals surface area contributed by atoms with E-state index in [1.165, 1.54) is 0 Å². The number of rotatable bonds is 0. The van der Waals surface area contributed by atoms with Crippen LogP contribution in [0.3, 0.4) is 0 Å². The van der Waals surface area contributed by atoms with Crippen LogP contribution in [-0.2, 0) is 0 Å². The van der Waals surface area contributed by atoms with Gasteiger partial charge in [0.15, 0.2) is 0 Å². The Morgan fingerprint density at radius 1 is 1.31 bits per heavy atom. The predicted octanol–water partition coefficient (Wildman–Crippen LogP) is 0.634. The first-order valence-corrected chi connectivity index (χ1v) is 4.38. The number of allylic oxidation sites excluding steroid dienone is 2. The predicted molar refractivity (Wildman–Crippen MR) is 53.1 cm³/mol. The Balaban J connectivity index is 2.77. The Morgan fingerprint density at radius 2 is 2.15 bits per heavy atom. The SMILES string of the molecule is CC1(C)C=CC=c2nnccc2=C1. The molecule has 2 nitrogen and oxygen atoms in total. The van der Waals surface area contributed by atoms with Crippen molar-refractivity contribution in [3.63, 3.8) is 0 Å². The summed E-state index contributed by atoms with van der Waals surface area (Å²) in [6.45, 7) is 4.35. The van der Waals surface area contributed by atoms with E-state index in [0.717, 1.165) is 10.6 Å². The van der Waals surface area contributed by atoms with Gasteiger partial charge in [0.1, 0.15) is 0 Å². The van der Waals surface area contributed by atoms with Gasteiger partial charge >= 0.3 is 0 Å². The third-order valence-electron chi connectivity index (χ3n) is 2.09. The highest BCUT2D eigenvalue weighted by Gasteiger charge is 2.10. The van der Waals surface area contributed by atoms with Crippen LogP contribution in [0.15, 0.2) is 24.4 Å². The minimum Gasteiger partial charge on any atom is -0.159 e. The zero-order chi connectivity index (χ0) is 9.31. The van der Waals surface area contributed by atoms with E-state index in [1.54, 1.807) is 6.20 Å². The van der Waals surface area contributed by atoms with Crippen LogP contribution < -0.4 is 10.6 Å². The lowest BCUT2D eigenvalue weighted by atomic mass is 9.92. The van der Waals surface area contributed by atoms with Gasteiger partial charge < -0.3 is 0 Å². The van der Waals surface area contributed by atoms with Gasteiger partial charge in [0.25, 0.3) is 0 Å². The largest absolute Gasteiger partial charge is 0.159 e. The van der Waals surface area contributed by atoms with Crippen LogP contribution in [0.5, 0.6) is 0 Å². The monoisotopic (exact) mass is 172 g/mol. The molecule has 0 saturated carbocycles. The van der Waals surface area contributed by atoms with Gasteiger partial charge in [0.2, 0.25) is 0 Å². The van der Waals surface area contributed by atoms with Gasteiger partial charge in [-0.25, -0.2) is 0 Å². The molecule has 1 aliphatic carbocycles. The fourth-order valence-electron chi connectivity index (χ4n) is 1.44. The molecule has 0 fully saturated rings. The summed E-state index contributed by atoms with van der Waals surface area (Å²) in [5.74, 6) is 0. The van der Waals surface area contributed by atoms with Crippen LogP contribution in [0.4, 0.5) is 0 Å². The van der Waals surface area contributed by atoms with Crippen LogP contribution >= 0.6 is 0 Å². The topological polar surface area (TPSA) is 25.8 Å². The fraction of sp³-hybridized carbons (Fsp3) is 0.273. The lowest BCUT2D eigenvalue weighted by Gasteiger charge is -2.12. The average molecular weight is 172 g/mol. The normalized spacial score (nSPS) is 18.0. The van der Waals surface area contributed by atoms with Gasteiger partial charge in [-0.2, -0.15) is 10.2 Å². The standard InChI is InChI=1S/C11H12N2/c1-11(2)6-3-4-10-9(8-11)5-7-12-13-10/h3-8H,1-2H3. The van der Waals surface area contributed by atoms with Crippen molar-refractivity contribution in [2.75, 3.05) is 0 Å². The number of hydrogen-bond donors (Lipinski definition) is 0. The molecular weight excluding hydrogens is 160 g/mol. The Morgan fingerprint density at radius 3 is 3.00 bits per heavy atom. The van der Waals surface area contributed by atoms with Gasteiger partial charge in [0, 0.05) is 10.6 Å². The minimum absolute atomic E-state index is 0.102. The Hall–Kier alpha value is -1.44. The van der Waals surface area contributed by atoms with Crippen molar-refractivity contribution in [3.8, 4) is 0 Å². The van der Waals surface area contributed by atoms with E-state index in [-0.39, 0.29) is 5.41 Å². The van der Waals surface area contributed by atoms with Gasteiger partial charge in [-0.3, -0.25) is 0 Å². The Kier molecular flexibility index (Phi) is 1.76. The maximum atomic E-state index is 4.06. The maximum Gasteiger partial charge on any atom is 0.0926 e. The van der Waals surface area contributed by atoms with E-state index in [0.29, 0.717) is 0 Å². The van der Waals surface area contributed by atoms with Crippen LogP contribution in [0, 0.1) is 5.41 Å². The summed E-state index contributed by atoms with van der Waals surface area (Å²) in [5, 5.41) is 10.0. The molecular formula is C11H12N2. The molecule has 0 radical (unpaired) electrons. The van der Waals surface area contributed by atoms with Gasteiger partial charge in [0.05, 0.1) is 11.5 Å². The molecule has 0 atom stereocenters. The van der Waals surface area contributed by atoms with Crippen LogP contribution in [0.25, 0.3) is 12.2 Å². The zero-order valence-electron chi connectivity index (χ0n) is 7.86. The maximum absolute atomic E-state index is 4.06. The van der Waals surface area contributed by atoms with Crippen molar-refractivity contribution in [2.45, 2.75) is 13.8 Å². The lowest BCUT2D eigenvalue weighted by Crippen LogP contribution is -2.29. The highest BCUT2D eigenvalue weighted by atomic mass is 15.1. The fourth-order valence-corrected chi connectivity index (χ4v) is 1.44. The van der Waals surface area contributed by atoms with Gasteiger partial charge in [-0.1, -0.05) is 32.1 Å². The molecule has 1 aromatic rings. The molecule has 0 amide bonds. The molecule has 1 aliphatic rings. The number of aromatic nitrogens is 2. The summed E-state index contributed by atoms with van der Waals surface area (Å²) in [5.41, 5.74) is 0.102. The summed E-state index contributed by atoms with van der Waals surface area (Å²) in [6, 6.07) is 1.99. The van der Waals surface area contributed by atoms with Crippen molar-refractivity contribution < 1.29 is 0 Å². The van der Waals surface area contributed by atoms with E-state index in [1.807, 2.05) is 18.2 Å². The molecule has 0 aliphatic heterocycles. The average Bonchev–Trinajstić information content (AvgIpc) is 2.21. The Bertz CT molecular complexity index is 455. The molecule has 0 bridgehead atoms. The first-order valence-electron chi connectivity index (χ1n) is 4.38. The van der Waals surface area contributed by atoms with Crippen LogP contribution in [0.1, 0.15) is 13.8 Å². The molecule has 0 spiro atoms. The molecule has 13 heavy (non-hydrogen) atoms. The molecule has 0 saturated heterocycles. The summed E-state index contributed by atoms with van der Waals surface area (Å²) in [7, 11) is 0. The van der Waals surface area contributed by atoms with Gasteiger partial charge in [-0.15, -0.1) is 0 Å². The summed E-state index contributed by atoms with van der Waals surface area (Å²) in [4.78, 5) is 0. The second-order valence-corrected chi connectivity index (χ2v) is 3.86. The smallest absolute Gasteiger partial charge is 0.0926 e. The van der Waals surface area contributed by atoms with E-state index in [9.17, 15) is 0 Å². The molecule has 1 heterocycles. The van der Waals surface area contributed by atoms with Crippen molar-refractivity contribution in [3.05, 3.63) is 35.0 Å². The van der Waals surface area contributed by atoms with Crippen molar-refractivity contribution in [2.24, 2.45) is 5.41 Å². The number of nitrogens with zero attached hydrogens (tertiary/aromatic N) is 2. The van der Waals surface area contributed by atoms with Crippen molar-refractivity contribution in [1.82, 2.24) is 10.2 Å². The number of hydrogen-bond acceptors (Lipinski definition) is 2. The van der Waals surface area contributed by atoms with Gasteiger partial charge in [-0.05, 0) is 12.1 Å². The molecule has 0 N–H and O–H groups in total. The third-order valence-corrected chi connectivity index (χ3v) is 2.09. The molecule has 1 aromatic heterocycles. The molecule has 66 valence electrons. The Labute approximate surface area is 77.3 Å². The van der Waals surface area contributed by atoms with E-state index < -0.39 is 0 Å². The molecule has 2 heteroatoms.